The van der Waals surface area contributed by atoms with E-state index in [9.17, 15) is 8.42 Å². The minimum atomic E-state index is -3.66. The third kappa shape index (κ3) is 4.04. The molecular weight excluding hydrogens is 392 g/mol. The number of hydrogen-bond donors (Lipinski definition) is 2. The highest BCUT2D eigenvalue weighted by Crippen LogP contribution is 2.34. The fourth-order valence-corrected chi connectivity index (χ4v) is 4.43. The number of thiophene rings is 1. The van der Waals surface area contributed by atoms with Gasteiger partial charge in [0.05, 0.1) is 10.3 Å². The van der Waals surface area contributed by atoms with E-state index in [1.807, 2.05) is 18.2 Å². The van der Waals surface area contributed by atoms with Gasteiger partial charge in [0.15, 0.2) is 0 Å². The molecular formula is C20H18N4O2S2. The molecule has 4 aromatic rings. The summed E-state index contributed by atoms with van der Waals surface area (Å²) in [6.07, 6.45) is 2.29. The summed E-state index contributed by atoms with van der Waals surface area (Å²) in [5.41, 5.74) is 2.17. The summed E-state index contributed by atoms with van der Waals surface area (Å²) in [6, 6.07) is 18.9. The fraction of sp³-hybridized carbons (Fsp3) is 0.100. The Morgan fingerprint density at radius 2 is 1.75 bits per heavy atom. The molecule has 0 aliphatic rings. The number of primary sulfonamides is 1. The maximum absolute atomic E-state index is 11.3. The number of rotatable bonds is 6. The van der Waals surface area contributed by atoms with Gasteiger partial charge in [-0.3, -0.25) is 0 Å². The Balaban J connectivity index is 1.48. The zero-order valence-electron chi connectivity index (χ0n) is 14.9. The number of nitrogens with one attached hydrogen (secondary N) is 1. The van der Waals surface area contributed by atoms with Crippen LogP contribution in [0.2, 0.25) is 0 Å². The monoisotopic (exact) mass is 410 g/mol. The maximum Gasteiger partial charge on any atom is 0.238 e. The van der Waals surface area contributed by atoms with Crippen LogP contribution in [-0.4, -0.2) is 24.9 Å². The molecule has 2 aromatic carbocycles. The Morgan fingerprint density at radius 1 is 1.00 bits per heavy atom. The lowest BCUT2D eigenvalue weighted by Gasteiger charge is -2.07. The summed E-state index contributed by atoms with van der Waals surface area (Å²) < 4.78 is 22.6. The summed E-state index contributed by atoms with van der Waals surface area (Å²) in [5, 5.41) is 9.48. The average Bonchev–Trinajstić information content (AvgIpc) is 3.14. The van der Waals surface area contributed by atoms with Crippen molar-refractivity contribution < 1.29 is 8.42 Å². The molecule has 0 spiro atoms. The number of benzene rings is 2. The van der Waals surface area contributed by atoms with Crippen molar-refractivity contribution in [3.8, 4) is 10.4 Å². The second-order valence-corrected chi connectivity index (χ2v) is 8.88. The molecule has 0 aliphatic heterocycles. The molecule has 0 amide bonds. The molecule has 0 aliphatic carbocycles. The van der Waals surface area contributed by atoms with E-state index in [4.69, 9.17) is 5.14 Å². The third-order valence-corrected chi connectivity index (χ3v) is 6.37. The standard InChI is InChI=1S/C20H18N4O2S2/c21-28(25,26)16-8-6-14(7-9-16)10-11-22-19-17-12-18(15-4-2-1-3-5-15)27-20(17)24-13-23-19/h1-9,12-13H,10-11H2,(H2,21,25,26)(H,22,23,24). The molecule has 3 N–H and O–H groups in total. The van der Waals surface area contributed by atoms with Crippen molar-refractivity contribution in [2.45, 2.75) is 11.3 Å². The number of nitrogens with zero attached hydrogens (tertiary/aromatic N) is 2. The molecule has 0 saturated heterocycles. The highest BCUT2D eigenvalue weighted by atomic mass is 32.2. The molecule has 142 valence electrons. The summed E-state index contributed by atoms with van der Waals surface area (Å²) in [7, 11) is -3.66. The molecule has 0 atom stereocenters. The van der Waals surface area contributed by atoms with Crippen LogP contribution >= 0.6 is 11.3 Å². The molecule has 0 radical (unpaired) electrons. The van der Waals surface area contributed by atoms with E-state index in [0.717, 1.165) is 38.5 Å². The lowest BCUT2D eigenvalue weighted by molar-refractivity contribution is 0.598. The van der Waals surface area contributed by atoms with Crippen LogP contribution in [0.1, 0.15) is 5.56 Å². The molecule has 8 heteroatoms. The van der Waals surface area contributed by atoms with E-state index >= 15 is 0 Å². The molecule has 2 heterocycles. The van der Waals surface area contributed by atoms with Crippen LogP contribution in [0, 0.1) is 0 Å². The topological polar surface area (TPSA) is 98.0 Å². The van der Waals surface area contributed by atoms with E-state index in [-0.39, 0.29) is 4.90 Å². The number of fused-ring (bicyclic) bond motifs is 1. The van der Waals surface area contributed by atoms with Gasteiger partial charge < -0.3 is 5.32 Å². The van der Waals surface area contributed by atoms with Gasteiger partial charge in [-0.1, -0.05) is 42.5 Å². The third-order valence-electron chi connectivity index (χ3n) is 4.35. The van der Waals surface area contributed by atoms with E-state index in [1.165, 1.54) is 12.1 Å². The minimum Gasteiger partial charge on any atom is -0.369 e. The van der Waals surface area contributed by atoms with Gasteiger partial charge in [0.25, 0.3) is 0 Å². The summed E-state index contributed by atoms with van der Waals surface area (Å²) in [6.45, 7) is 0.664. The van der Waals surface area contributed by atoms with Gasteiger partial charge in [-0.2, -0.15) is 0 Å². The Bertz CT molecular complexity index is 1200. The van der Waals surface area contributed by atoms with E-state index in [2.05, 4.69) is 33.5 Å². The van der Waals surface area contributed by atoms with Gasteiger partial charge >= 0.3 is 0 Å². The van der Waals surface area contributed by atoms with Crippen molar-refractivity contribution in [3.63, 3.8) is 0 Å². The molecule has 0 bridgehead atoms. The number of aromatic nitrogens is 2. The molecule has 0 saturated carbocycles. The Labute approximate surface area is 167 Å². The lowest BCUT2D eigenvalue weighted by atomic mass is 10.1. The van der Waals surface area contributed by atoms with Gasteiger partial charge in [-0.15, -0.1) is 11.3 Å². The van der Waals surface area contributed by atoms with Crippen LogP contribution in [0.15, 0.2) is 71.9 Å². The zero-order chi connectivity index (χ0) is 19.6. The molecule has 4 rings (SSSR count). The number of nitrogens with two attached hydrogens (primary N) is 1. The van der Waals surface area contributed by atoms with Crippen LogP contribution in [-0.2, 0) is 16.4 Å². The highest BCUT2D eigenvalue weighted by molar-refractivity contribution is 7.89. The predicted molar refractivity (Wildman–Crippen MR) is 113 cm³/mol. The Hall–Kier alpha value is -2.81. The average molecular weight is 411 g/mol. The Morgan fingerprint density at radius 3 is 2.46 bits per heavy atom. The van der Waals surface area contributed by atoms with Crippen LogP contribution in [0.25, 0.3) is 20.7 Å². The fourth-order valence-electron chi connectivity index (χ4n) is 2.91. The molecule has 0 unspecified atom stereocenters. The Kier molecular flexibility index (Phi) is 5.08. The van der Waals surface area contributed by atoms with Crippen molar-refractivity contribution in [2.75, 3.05) is 11.9 Å². The normalized spacial score (nSPS) is 11.6. The van der Waals surface area contributed by atoms with Crippen molar-refractivity contribution in [1.29, 1.82) is 0 Å². The molecule has 28 heavy (non-hydrogen) atoms. The predicted octanol–water partition coefficient (Wildman–Crippen LogP) is 3.66. The minimum absolute atomic E-state index is 0.119. The van der Waals surface area contributed by atoms with Gasteiger partial charge in [0.2, 0.25) is 10.0 Å². The largest absolute Gasteiger partial charge is 0.369 e. The van der Waals surface area contributed by atoms with Crippen molar-refractivity contribution >= 4 is 37.4 Å². The number of sulfonamides is 1. The van der Waals surface area contributed by atoms with E-state index in [1.54, 1.807) is 29.8 Å². The first-order valence-electron chi connectivity index (χ1n) is 8.66. The zero-order valence-corrected chi connectivity index (χ0v) is 16.5. The van der Waals surface area contributed by atoms with Gasteiger partial charge in [-0.25, -0.2) is 23.5 Å². The van der Waals surface area contributed by atoms with Crippen LogP contribution in [0.3, 0.4) is 0 Å². The summed E-state index contributed by atoms with van der Waals surface area (Å²) in [4.78, 5) is 11.0. The smallest absolute Gasteiger partial charge is 0.238 e. The first kappa shape index (κ1) is 18.5. The van der Waals surface area contributed by atoms with Crippen LogP contribution in [0.5, 0.6) is 0 Å². The SMILES string of the molecule is NS(=O)(=O)c1ccc(CCNc2ncnc3sc(-c4ccccc4)cc23)cc1. The van der Waals surface area contributed by atoms with Gasteiger partial charge in [0, 0.05) is 11.4 Å². The lowest BCUT2D eigenvalue weighted by Crippen LogP contribution is -2.12. The second kappa shape index (κ2) is 7.67. The molecule has 2 aromatic heterocycles. The quantitative estimate of drug-likeness (QED) is 0.505. The van der Waals surface area contributed by atoms with Gasteiger partial charge in [0.1, 0.15) is 17.0 Å². The van der Waals surface area contributed by atoms with E-state index < -0.39 is 10.0 Å². The maximum atomic E-state index is 11.3. The van der Waals surface area contributed by atoms with E-state index in [0.29, 0.717) is 6.54 Å². The summed E-state index contributed by atoms with van der Waals surface area (Å²) >= 11 is 1.64. The number of hydrogen-bond acceptors (Lipinski definition) is 6. The van der Waals surface area contributed by atoms with Crippen LogP contribution in [0.4, 0.5) is 5.82 Å². The first-order chi connectivity index (χ1) is 13.5. The van der Waals surface area contributed by atoms with Crippen molar-refractivity contribution in [1.82, 2.24) is 9.97 Å². The second-order valence-electron chi connectivity index (χ2n) is 6.28. The van der Waals surface area contributed by atoms with Crippen molar-refractivity contribution in [3.05, 3.63) is 72.6 Å². The molecule has 0 fully saturated rings. The van der Waals surface area contributed by atoms with Crippen LogP contribution < -0.4 is 10.5 Å². The highest BCUT2D eigenvalue weighted by Gasteiger charge is 2.10. The summed E-state index contributed by atoms with van der Waals surface area (Å²) in [5.74, 6) is 0.796. The van der Waals surface area contributed by atoms with Crippen molar-refractivity contribution in [2.24, 2.45) is 5.14 Å². The number of anilines is 1. The molecule has 6 nitrogen and oxygen atoms in total. The van der Waals surface area contributed by atoms with Gasteiger partial charge in [-0.05, 0) is 35.7 Å². The first-order valence-corrected chi connectivity index (χ1v) is 11.0.